The van der Waals surface area contributed by atoms with Gasteiger partial charge in [-0.2, -0.15) is 91.7 Å². The van der Waals surface area contributed by atoms with Crippen LogP contribution in [0.15, 0.2) is 10.1 Å². The first-order valence-corrected chi connectivity index (χ1v) is 53.7. The SMILES string of the molecule is CCCCSCCCOC(COCCCSCCCCCCCCCC(F)(F)F)COCC(COCC(COCCCSCCCCCCCCCC(F)(F)F)OCCCSCCCCCCCCCC(F)(F)F)=NCC(COC(COC(COCC1CCC(C)(CCC)O1)COCC1COC(C)(C)O1)COC(COCC1COC(C)(C)O1)COCC1COC(C)(C)O1)N=N. The van der Waals surface area contributed by atoms with Crippen LogP contribution in [0.2, 0.25) is 0 Å². The lowest BCUT2D eigenvalue weighted by molar-refractivity contribution is -0.158. The molecule has 0 amide bonds. The lowest BCUT2D eigenvalue weighted by Crippen LogP contribution is -2.38. The van der Waals surface area contributed by atoms with Gasteiger partial charge in [0.25, 0.3) is 0 Å². The van der Waals surface area contributed by atoms with E-state index in [1.807, 2.05) is 88.6 Å². The number of alkyl halides is 9. The van der Waals surface area contributed by atoms with Gasteiger partial charge in [-0.05, 0) is 184 Å². The molecule has 36 heteroatoms. The average molecular weight is 1960 g/mol. The van der Waals surface area contributed by atoms with E-state index in [-0.39, 0.29) is 155 Å². The highest BCUT2D eigenvalue weighted by molar-refractivity contribution is 7.99. The van der Waals surface area contributed by atoms with Crippen LogP contribution >= 0.6 is 47.0 Å². The summed E-state index contributed by atoms with van der Waals surface area (Å²) in [5, 5.41) is 4.08. The molecule has 4 heterocycles. The van der Waals surface area contributed by atoms with Crippen LogP contribution in [-0.4, -0.2) is 319 Å². The van der Waals surface area contributed by atoms with Gasteiger partial charge < -0.3 is 94.7 Å². The molecule has 4 aliphatic heterocycles. The second-order valence-electron chi connectivity index (χ2n) is 36.4. The molecule has 0 bridgehead atoms. The van der Waals surface area contributed by atoms with E-state index >= 15 is 0 Å². The van der Waals surface area contributed by atoms with Crippen molar-refractivity contribution in [3.05, 3.63) is 0 Å². The zero-order valence-corrected chi connectivity index (χ0v) is 84.0. The molecule has 10 atom stereocenters. The second kappa shape index (κ2) is 74.2. The summed E-state index contributed by atoms with van der Waals surface area (Å²) >= 11 is 7.54. The second-order valence-corrected chi connectivity index (χ2v) is 41.3. The quantitative estimate of drug-likeness (QED) is 0.0258. The van der Waals surface area contributed by atoms with E-state index in [4.69, 9.17) is 105 Å². The van der Waals surface area contributed by atoms with E-state index in [9.17, 15) is 39.5 Å². The van der Waals surface area contributed by atoms with Gasteiger partial charge in [0.05, 0.1) is 156 Å². The Morgan fingerprint density at radius 3 is 1.00 bits per heavy atom. The Balaban J connectivity index is 1.56. The summed E-state index contributed by atoms with van der Waals surface area (Å²) in [6.07, 6.45) is 8.38. The molecule has 0 aromatic rings. The fourth-order valence-electron chi connectivity index (χ4n) is 14.9. The Morgan fingerprint density at radius 1 is 0.346 bits per heavy atom. The Kier molecular flexibility index (Phi) is 69.4. The number of rotatable bonds is 90. The maximum absolute atomic E-state index is 12.6. The molecule has 4 saturated heterocycles. The van der Waals surface area contributed by atoms with E-state index in [1.165, 1.54) is 0 Å². The third kappa shape index (κ3) is 70.0. The van der Waals surface area contributed by atoms with Crippen molar-refractivity contribution in [1.29, 1.82) is 5.53 Å². The van der Waals surface area contributed by atoms with E-state index < -0.39 is 91.7 Å². The summed E-state index contributed by atoms with van der Waals surface area (Å²) < 4.78 is 240. The maximum atomic E-state index is 12.6. The molecule has 4 rings (SSSR count). The number of unbranched alkanes of at least 4 members (excludes halogenated alkanes) is 19. The number of hydrogen-bond donors (Lipinski definition) is 1. The van der Waals surface area contributed by atoms with Gasteiger partial charge in [-0.25, -0.2) is 5.53 Å². The van der Waals surface area contributed by atoms with Crippen molar-refractivity contribution in [2.45, 2.75) is 383 Å². The van der Waals surface area contributed by atoms with E-state index in [0.29, 0.717) is 84.4 Å². The number of thioether (sulfide) groups is 4. The smallest absolute Gasteiger partial charge is 0.379 e. The molecule has 4 aliphatic rings. The van der Waals surface area contributed by atoms with Crippen LogP contribution in [-0.2, 0) is 94.7 Å². The molecule has 0 radical (unpaired) electrons. The van der Waals surface area contributed by atoms with Crippen molar-refractivity contribution in [3.63, 3.8) is 0 Å². The van der Waals surface area contributed by atoms with E-state index in [2.05, 4.69) is 25.9 Å². The third-order valence-electron chi connectivity index (χ3n) is 22.0. The first-order valence-electron chi connectivity index (χ1n) is 49.1. The van der Waals surface area contributed by atoms with Crippen LogP contribution in [0.25, 0.3) is 0 Å². The minimum absolute atomic E-state index is 0.000670. The van der Waals surface area contributed by atoms with Gasteiger partial charge in [-0.15, -0.1) is 0 Å². The van der Waals surface area contributed by atoms with E-state index in [1.54, 1.807) is 0 Å². The molecule has 0 aliphatic carbocycles. The summed E-state index contributed by atoms with van der Waals surface area (Å²) in [5.74, 6) is 5.56. The average Bonchev–Trinajstić information content (AvgIpc) is 1.70. The van der Waals surface area contributed by atoms with Gasteiger partial charge in [0.1, 0.15) is 54.9 Å². The van der Waals surface area contributed by atoms with Gasteiger partial charge in [-0.3, -0.25) is 4.99 Å². The Bertz CT molecular complexity index is 2680. The Hall–Kier alpha value is -0.760. The predicted octanol–water partition coefficient (Wildman–Crippen LogP) is 22.4. The van der Waals surface area contributed by atoms with Crippen LogP contribution in [0, 0.1) is 5.53 Å². The minimum atomic E-state index is -4.10. The Morgan fingerprint density at radius 2 is 0.654 bits per heavy atom. The maximum Gasteiger partial charge on any atom is 0.389 e. The van der Waals surface area contributed by atoms with Crippen LogP contribution in [0.3, 0.4) is 0 Å². The number of aliphatic imine (C=N–C) groups is 1. The molecular formula is C94H172F9N3O20S4. The highest BCUT2D eigenvalue weighted by Crippen LogP contribution is 2.35. The van der Waals surface area contributed by atoms with Crippen LogP contribution < -0.4 is 0 Å². The zero-order valence-electron chi connectivity index (χ0n) is 80.7. The molecule has 770 valence electrons. The molecule has 0 saturated carbocycles. The van der Waals surface area contributed by atoms with Crippen molar-refractivity contribution >= 4 is 52.8 Å². The normalized spacial score (nSPS) is 21.0. The van der Waals surface area contributed by atoms with E-state index in [0.717, 1.165) is 207 Å². The zero-order chi connectivity index (χ0) is 94.6. The summed E-state index contributed by atoms with van der Waals surface area (Å²) in [6.45, 7) is 23.7. The van der Waals surface area contributed by atoms with Crippen LogP contribution in [0.1, 0.15) is 281 Å². The van der Waals surface area contributed by atoms with Gasteiger partial charge in [0.2, 0.25) is 0 Å². The van der Waals surface area contributed by atoms with Crippen molar-refractivity contribution < 1.29 is 134 Å². The van der Waals surface area contributed by atoms with Gasteiger partial charge >= 0.3 is 18.5 Å². The van der Waals surface area contributed by atoms with Crippen molar-refractivity contribution in [2.24, 2.45) is 10.1 Å². The molecule has 10 unspecified atom stereocenters. The first-order chi connectivity index (χ1) is 62.3. The highest BCUT2D eigenvalue weighted by atomic mass is 32.2. The fraction of sp³-hybridized carbons (Fsp3) is 0.989. The molecule has 1 N–H and O–H groups in total. The first kappa shape index (κ1) is 122. The summed E-state index contributed by atoms with van der Waals surface area (Å²) in [7, 11) is 0. The fourth-order valence-corrected chi connectivity index (χ4v) is 18.7. The molecule has 4 fully saturated rings. The number of ether oxygens (including phenoxy) is 20. The highest BCUT2D eigenvalue weighted by Gasteiger charge is 2.39. The number of nitrogens with one attached hydrogen (secondary N) is 1. The van der Waals surface area contributed by atoms with Crippen molar-refractivity contribution in [3.8, 4) is 0 Å². The molecule has 130 heavy (non-hydrogen) atoms. The number of nitrogens with zero attached hydrogens (tertiary/aromatic N) is 2. The predicted molar refractivity (Wildman–Crippen MR) is 500 cm³/mol. The molecule has 0 aromatic heterocycles. The summed E-state index contributed by atoms with van der Waals surface area (Å²) in [5.41, 5.74) is 9.00. The van der Waals surface area contributed by atoms with Gasteiger partial charge in [-0.1, -0.05) is 123 Å². The summed E-state index contributed by atoms with van der Waals surface area (Å²) in [6, 6.07) is -0.793. The molecule has 0 aromatic carbocycles. The summed E-state index contributed by atoms with van der Waals surface area (Å²) in [4.78, 5) is 5.10. The van der Waals surface area contributed by atoms with Crippen molar-refractivity contribution in [1.82, 2.24) is 0 Å². The monoisotopic (exact) mass is 1960 g/mol. The largest absolute Gasteiger partial charge is 0.389 e. The number of halogens is 9. The van der Waals surface area contributed by atoms with Crippen LogP contribution in [0.4, 0.5) is 39.5 Å². The van der Waals surface area contributed by atoms with Crippen molar-refractivity contribution in [2.75, 3.05) is 211 Å². The third-order valence-corrected chi connectivity index (χ3v) is 26.6. The lowest BCUT2D eigenvalue weighted by atomic mass is 9.97. The lowest BCUT2D eigenvalue weighted by Gasteiger charge is -2.27. The van der Waals surface area contributed by atoms with Gasteiger partial charge in [0.15, 0.2) is 17.4 Å². The Labute approximate surface area is 792 Å². The van der Waals surface area contributed by atoms with Crippen LogP contribution in [0.5, 0.6) is 0 Å². The minimum Gasteiger partial charge on any atom is -0.379 e. The molecule has 0 spiro atoms. The standard InChI is InChI=1S/C94H172F9N3O20S4/c1-10-12-48-127-54-36-46-115-80(61-107-44-34-52-128-49-31-25-19-13-16-22-28-40-92(95,96)97)63-109-57-78(58-110-64-81(116-47-37-55-130-51-33-27-21-15-18-24-30-42-94(101,102)103)62-108-45-35-53-129-50-32-26-20-14-17-23-29-41-93(98,99)100)105-56-77(106-104)59-117-84(73-119-83(67-113-70-86-75-121-89(5,6)124-86)68-114-71-87-76-122-90(7,8)125-87)72-118-82(66-112-69-85-74-120-88(3,4)123-85)65-111-60-79-38-43-91(9,126-79)39-11-2/h77,79-87,104H,10-76H2,1-9H3. The molecule has 23 nitrogen and oxygen atoms in total. The topological polar surface area (TPSA) is 233 Å². The molecular weight excluding hydrogens is 1790 g/mol. The number of hydrogen-bond acceptors (Lipinski definition) is 27. The van der Waals surface area contributed by atoms with Gasteiger partial charge in [0, 0.05) is 45.7 Å².